The van der Waals surface area contributed by atoms with E-state index in [-0.39, 0.29) is 6.61 Å². The summed E-state index contributed by atoms with van der Waals surface area (Å²) >= 11 is 0. The minimum absolute atomic E-state index is 0.119. The Bertz CT molecular complexity index is 322. The van der Waals surface area contributed by atoms with Gasteiger partial charge in [-0.05, 0) is 6.92 Å². The molecule has 0 radical (unpaired) electrons. The molecule has 0 rings (SSSR count). The SMILES string of the molecule is CC(NC(N)=O)C(CO[SiH3])(NC(N)=O)NC(N)=O. The first-order valence-corrected chi connectivity index (χ1v) is 5.75. The Kier molecular flexibility index (Phi) is 5.91. The molecule has 0 spiro atoms. The first-order valence-electron chi connectivity index (χ1n) is 4.93. The van der Waals surface area contributed by atoms with Crippen LogP contribution in [0.5, 0.6) is 0 Å². The van der Waals surface area contributed by atoms with Crippen molar-refractivity contribution in [1.29, 1.82) is 0 Å². The van der Waals surface area contributed by atoms with Crippen molar-refractivity contribution in [3.8, 4) is 0 Å². The molecule has 0 aliphatic heterocycles. The average molecular weight is 278 g/mol. The Labute approximate surface area is 106 Å². The van der Waals surface area contributed by atoms with Crippen molar-refractivity contribution >= 4 is 28.6 Å². The number of nitrogens with two attached hydrogens (primary N) is 3. The first kappa shape index (κ1) is 16.0. The second-order valence-electron chi connectivity index (χ2n) is 3.61. The average Bonchev–Trinajstić information content (AvgIpc) is 2.14. The summed E-state index contributed by atoms with van der Waals surface area (Å²) in [5.74, 6) is 0. The van der Waals surface area contributed by atoms with Gasteiger partial charge in [-0.3, -0.25) is 0 Å². The quantitative estimate of drug-likeness (QED) is 0.217. The van der Waals surface area contributed by atoms with Crippen molar-refractivity contribution in [2.75, 3.05) is 6.61 Å². The molecule has 1 atom stereocenters. The van der Waals surface area contributed by atoms with E-state index in [1.165, 1.54) is 6.92 Å². The van der Waals surface area contributed by atoms with E-state index in [1.807, 2.05) is 0 Å². The molecule has 0 saturated heterocycles. The zero-order valence-electron chi connectivity index (χ0n) is 10.1. The highest BCUT2D eigenvalue weighted by atomic mass is 28.2. The highest BCUT2D eigenvalue weighted by molar-refractivity contribution is 5.98. The topological polar surface area (TPSA) is 175 Å². The summed E-state index contributed by atoms with van der Waals surface area (Å²) in [6, 6.07) is -3.46. The molecule has 9 N–H and O–H groups in total. The lowest BCUT2D eigenvalue weighted by Crippen LogP contribution is -2.74. The number of primary amides is 3. The monoisotopic (exact) mass is 278 g/mol. The normalized spacial score (nSPS) is 12.5. The van der Waals surface area contributed by atoms with Crippen molar-refractivity contribution in [3.05, 3.63) is 0 Å². The summed E-state index contributed by atoms with van der Waals surface area (Å²) in [4.78, 5) is 32.8. The second kappa shape index (κ2) is 6.66. The van der Waals surface area contributed by atoms with E-state index in [2.05, 4.69) is 16.0 Å². The maximum Gasteiger partial charge on any atom is 0.314 e. The Morgan fingerprint density at radius 1 is 1.17 bits per heavy atom. The van der Waals surface area contributed by atoms with E-state index in [0.29, 0.717) is 10.5 Å². The zero-order chi connectivity index (χ0) is 14.3. The van der Waals surface area contributed by atoms with Crippen LogP contribution in [0, 0.1) is 0 Å². The minimum Gasteiger partial charge on any atom is -0.424 e. The van der Waals surface area contributed by atoms with Gasteiger partial charge in [-0.2, -0.15) is 0 Å². The Hall–Kier alpha value is -2.01. The zero-order valence-corrected chi connectivity index (χ0v) is 12.1. The maximum absolute atomic E-state index is 11.0. The molecule has 18 heavy (non-hydrogen) atoms. The molecule has 0 heterocycles. The molecule has 0 fully saturated rings. The van der Waals surface area contributed by atoms with Crippen LogP contribution in [0.4, 0.5) is 14.4 Å². The van der Waals surface area contributed by atoms with Crippen LogP contribution in [0.2, 0.25) is 0 Å². The van der Waals surface area contributed by atoms with Crippen molar-refractivity contribution in [1.82, 2.24) is 16.0 Å². The molecular formula is C7H18N6O4Si. The van der Waals surface area contributed by atoms with Gasteiger partial charge in [0.05, 0.1) is 12.6 Å². The molecule has 11 heteroatoms. The lowest BCUT2D eigenvalue weighted by atomic mass is 10.0. The standard InChI is InChI=1S/C7H18N6O4Si/c1-3(11-4(8)14)7(2-17-18,12-5(9)15)13-6(10)16/h3H,2H2,1,18H3,(H3,8,11,14)(H3,9,12,15)(H3,10,13,16). The van der Waals surface area contributed by atoms with Crippen molar-refractivity contribution < 1.29 is 18.8 Å². The number of hydrogen-bond acceptors (Lipinski definition) is 4. The second-order valence-corrected chi connectivity index (χ2v) is 4.19. The van der Waals surface area contributed by atoms with Gasteiger partial charge in [-0.25, -0.2) is 14.4 Å². The Morgan fingerprint density at radius 2 is 1.61 bits per heavy atom. The third-order valence-electron chi connectivity index (χ3n) is 2.16. The summed E-state index contributed by atoms with van der Waals surface area (Å²) in [7, 11) is 0.337. The number of urea groups is 3. The van der Waals surface area contributed by atoms with E-state index >= 15 is 0 Å². The van der Waals surface area contributed by atoms with Crippen molar-refractivity contribution in [3.63, 3.8) is 0 Å². The third-order valence-corrected chi connectivity index (χ3v) is 2.45. The largest absolute Gasteiger partial charge is 0.424 e. The van der Waals surface area contributed by atoms with Gasteiger partial charge < -0.3 is 37.6 Å². The van der Waals surface area contributed by atoms with E-state index in [0.717, 1.165) is 0 Å². The predicted octanol–water partition coefficient (Wildman–Crippen LogP) is -3.63. The number of carbonyl (C=O) groups is 3. The Morgan fingerprint density at radius 3 is 1.89 bits per heavy atom. The molecule has 0 aromatic carbocycles. The fraction of sp³-hybridized carbons (Fsp3) is 0.571. The first-order chi connectivity index (χ1) is 8.23. The molecule has 0 saturated carbocycles. The van der Waals surface area contributed by atoms with Gasteiger partial charge in [0.25, 0.3) is 0 Å². The molecule has 0 aliphatic carbocycles. The van der Waals surface area contributed by atoms with Gasteiger partial charge in [-0.15, -0.1) is 0 Å². The number of nitrogens with one attached hydrogen (secondary N) is 3. The number of rotatable bonds is 6. The highest BCUT2D eigenvalue weighted by Crippen LogP contribution is 2.08. The number of carbonyl (C=O) groups excluding carboxylic acids is 3. The number of amides is 6. The van der Waals surface area contributed by atoms with Crippen LogP contribution in [0.3, 0.4) is 0 Å². The molecular weight excluding hydrogens is 260 g/mol. The van der Waals surface area contributed by atoms with Crippen molar-refractivity contribution in [2.45, 2.75) is 18.6 Å². The maximum atomic E-state index is 11.0. The Balaban J connectivity index is 5.20. The van der Waals surface area contributed by atoms with Crippen LogP contribution in [0.25, 0.3) is 0 Å². The molecule has 1 unspecified atom stereocenters. The van der Waals surface area contributed by atoms with Crippen LogP contribution in [0.15, 0.2) is 0 Å². The molecule has 6 amide bonds. The van der Waals surface area contributed by atoms with Gasteiger partial charge >= 0.3 is 18.1 Å². The van der Waals surface area contributed by atoms with Gasteiger partial charge in [0, 0.05) is 0 Å². The highest BCUT2D eigenvalue weighted by Gasteiger charge is 2.39. The van der Waals surface area contributed by atoms with Crippen LogP contribution in [0.1, 0.15) is 6.92 Å². The van der Waals surface area contributed by atoms with E-state index < -0.39 is 29.8 Å². The smallest absolute Gasteiger partial charge is 0.314 e. The summed E-state index contributed by atoms with van der Waals surface area (Å²) in [5, 5.41) is 6.88. The summed E-state index contributed by atoms with van der Waals surface area (Å²) in [6.45, 7) is 1.38. The van der Waals surface area contributed by atoms with Crippen LogP contribution < -0.4 is 33.2 Å². The molecule has 0 bridgehead atoms. The molecule has 0 aromatic heterocycles. The summed E-state index contributed by atoms with van der Waals surface area (Å²) in [5.41, 5.74) is 13.6. The molecule has 0 aliphatic rings. The lowest BCUT2D eigenvalue weighted by Gasteiger charge is -2.38. The molecule has 104 valence electrons. The fourth-order valence-electron chi connectivity index (χ4n) is 1.45. The van der Waals surface area contributed by atoms with Gasteiger partial charge in [0.1, 0.15) is 10.5 Å². The summed E-state index contributed by atoms with van der Waals surface area (Å²) < 4.78 is 5.02. The van der Waals surface area contributed by atoms with Crippen LogP contribution in [-0.4, -0.2) is 46.9 Å². The van der Waals surface area contributed by atoms with Gasteiger partial charge in [0.2, 0.25) is 0 Å². The summed E-state index contributed by atoms with van der Waals surface area (Å²) in [6.07, 6.45) is 0. The van der Waals surface area contributed by atoms with E-state index in [9.17, 15) is 14.4 Å². The van der Waals surface area contributed by atoms with Crippen LogP contribution in [-0.2, 0) is 4.43 Å². The minimum atomic E-state index is -1.46. The van der Waals surface area contributed by atoms with E-state index in [4.69, 9.17) is 21.6 Å². The third kappa shape index (κ3) is 4.88. The van der Waals surface area contributed by atoms with E-state index in [1.54, 1.807) is 0 Å². The fourth-order valence-corrected chi connectivity index (χ4v) is 1.90. The van der Waals surface area contributed by atoms with Gasteiger partial charge in [-0.1, -0.05) is 0 Å². The number of hydrogen-bond donors (Lipinski definition) is 6. The lowest BCUT2D eigenvalue weighted by molar-refractivity contribution is 0.130. The molecule has 10 nitrogen and oxygen atoms in total. The predicted molar refractivity (Wildman–Crippen MR) is 66.2 cm³/mol. The molecule has 0 aromatic rings. The van der Waals surface area contributed by atoms with Gasteiger partial charge in [0.15, 0.2) is 5.66 Å². The van der Waals surface area contributed by atoms with Crippen molar-refractivity contribution in [2.24, 2.45) is 17.2 Å². The van der Waals surface area contributed by atoms with Crippen LogP contribution >= 0.6 is 0 Å².